The zero-order valence-electron chi connectivity index (χ0n) is 11.4. The minimum atomic E-state index is -4.66. The quantitative estimate of drug-likeness (QED) is 0.791. The molecule has 2 heterocycles. The lowest BCUT2D eigenvalue weighted by atomic mass is 9.68. The number of hydrogen-bond donors (Lipinski definition) is 1. The standard InChI is InChI=1S/C12H17F3O4S/c1-4-18-8(16)7-10(17)5-11(20-7,12(13,14)15)19-6-9(10,2)3/h7,17H,4-6H2,1-3H3. The number of ether oxygens (including phenoxy) is 2. The summed E-state index contributed by atoms with van der Waals surface area (Å²) in [6.07, 6.45) is -5.33. The molecule has 116 valence electrons. The molecule has 0 aromatic rings. The van der Waals surface area contributed by atoms with E-state index in [0.29, 0.717) is 11.8 Å². The first-order valence-electron chi connectivity index (χ1n) is 6.27. The highest BCUT2D eigenvalue weighted by Gasteiger charge is 2.75. The van der Waals surface area contributed by atoms with Crippen LogP contribution < -0.4 is 0 Å². The van der Waals surface area contributed by atoms with Gasteiger partial charge < -0.3 is 14.6 Å². The third-order valence-corrected chi connectivity index (χ3v) is 5.71. The van der Waals surface area contributed by atoms with Crippen molar-refractivity contribution in [3.63, 3.8) is 0 Å². The van der Waals surface area contributed by atoms with Gasteiger partial charge in [-0.15, -0.1) is 0 Å². The maximum Gasteiger partial charge on any atom is 0.427 e. The predicted octanol–water partition coefficient (Wildman–Crippen LogP) is 2.10. The Labute approximate surface area is 119 Å². The van der Waals surface area contributed by atoms with Crippen LogP contribution in [-0.2, 0) is 14.3 Å². The van der Waals surface area contributed by atoms with Crippen molar-refractivity contribution in [2.45, 2.75) is 49.2 Å². The van der Waals surface area contributed by atoms with Gasteiger partial charge in [-0.05, 0) is 6.92 Å². The second-order valence-electron chi connectivity index (χ2n) is 5.77. The Morgan fingerprint density at radius 1 is 1.50 bits per heavy atom. The summed E-state index contributed by atoms with van der Waals surface area (Å²) in [4.78, 5) is 9.39. The van der Waals surface area contributed by atoms with Crippen molar-refractivity contribution < 1.29 is 32.5 Å². The lowest BCUT2D eigenvalue weighted by Crippen LogP contribution is -2.60. The predicted molar refractivity (Wildman–Crippen MR) is 66.1 cm³/mol. The average Bonchev–Trinajstić information content (AvgIpc) is 2.58. The van der Waals surface area contributed by atoms with E-state index in [1.165, 1.54) is 0 Å². The minimum Gasteiger partial charge on any atom is -0.465 e. The molecule has 3 atom stereocenters. The Morgan fingerprint density at radius 3 is 2.60 bits per heavy atom. The van der Waals surface area contributed by atoms with Crippen LogP contribution in [0.25, 0.3) is 0 Å². The Hall–Kier alpha value is -0.470. The van der Waals surface area contributed by atoms with Gasteiger partial charge >= 0.3 is 12.1 Å². The topological polar surface area (TPSA) is 55.8 Å². The molecule has 2 saturated heterocycles. The molecular formula is C12H17F3O4S. The number of aliphatic hydroxyl groups is 1. The number of thioether (sulfide) groups is 1. The fraction of sp³-hybridized carbons (Fsp3) is 0.917. The van der Waals surface area contributed by atoms with E-state index in [2.05, 4.69) is 0 Å². The minimum absolute atomic E-state index is 0.0479. The smallest absolute Gasteiger partial charge is 0.427 e. The van der Waals surface area contributed by atoms with Gasteiger partial charge in [0.2, 0.25) is 4.93 Å². The number of carbonyl (C=O) groups is 1. The summed E-state index contributed by atoms with van der Waals surface area (Å²) in [5, 5.41) is 9.43. The number of alkyl halides is 3. The van der Waals surface area contributed by atoms with Gasteiger partial charge in [0, 0.05) is 11.8 Å². The summed E-state index contributed by atoms with van der Waals surface area (Å²) in [6, 6.07) is 0. The van der Waals surface area contributed by atoms with E-state index in [-0.39, 0.29) is 13.2 Å². The van der Waals surface area contributed by atoms with Crippen molar-refractivity contribution >= 4 is 17.7 Å². The van der Waals surface area contributed by atoms with Crippen molar-refractivity contribution in [1.29, 1.82) is 0 Å². The SMILES string of the molecule is CCOC(=O)C1SC2(C(F)(F)F)CC1(O)C(C)(C)CO2. The van der Waals surface area contributed by atoms with Crippen LogP contribution in [0.4, 0.5) is 13.2 Å². The molecule has 2 aliphatic rings. The van der Waals surface area contributed by atoms with E-state index in [1.54, 1.807) is 20.8 Å². The highest BCUT2D eigenvalue weighted by atomic mass is 32.2. The molecule has 0 radical (unpaired) electrons. The van der Waals surface area contributed by atoms with Crippen molar-refractivity contribution in [3.05, 3.63) is 0 Å². The zero-order valence-corrected chi connectivity index (χ0v) is 12.2. The van der Waals surface area contributed by atoms with Gasteiger partial charge in [0.15, 0.2) is 0 Å². The van der Waals surface area contributed by atoms with E-state index in [4.69, 9.17) is 9.47 Å². The first-order valence-corrected chi connectivity index (χ1v) is 7.14. The molecule has 0 aromatic carbocycles. The van der Waals surface area contributed by atoms with Crippen LogP contribution in [0.1, 0.15) is 27.2 Å². The molecule has 0 aromatic heterocycles. The number of carbonyl (C=O) groups excluding carboxylic acids is 1. The molecule has 4 nitrogen and oxygen atoms in total. The fourth-order valence-electron chi connectivity index (χ4n) is 2.59. The van der Waals surface area contributed by atoms with Crippen molar-refractivity contribution in [1.82, 2.24) is 0 Å². The number of halogens is 3. The van der Waals surface area contributed by atoms with Gasteiger partial charge in [-0.25, -0.2) is 0 Å². The van der Waals surface area contributed by atoms with E-state index >= 15 is 0 Å². The first-order chi connectivity index (χ1) is 8.99. The van der Waals surface area contributed by atoms with Crippen molar-refractivity contribution in [2.24, 2.45) is 5.41 Å². The van der Waals surface area contributed by atoms with Crippen LogP contribution in [-0.4, -0.2) is 46.2 Å². The molecular weight excluding hydrogens is 297 g/mol. The molecule has 0 saturated carbocycles. The molecule has 0 amide bonds. The van der Waals surface area contributed by atoms with Gasteiger partial charge in [0.05, 0.1) is 18.8 Å². The van der Waals surface area contributed by atoms with E-state index in [1.807, 2.05) is 0 Å². The highest BCUT2D eigenvalue weighted by molar-refractivity contribution is 8.02. The second kappa shape index (κ2) is 4.51. The molecule has 0 aliphatic carbocycles. The fourth-order valence-corrected chi connectivity index (χ4v) is 4.29. The maximum atomic E-state index is 13.3. The third-order valence-electron chi connectivity index (χ3n) is 4.01. The Kier molecular flexibility index (Phi) is 3.59. The number of esters is 1. The van der Waals surface area contributed by atoms with Crippen LogP contribution in [0.5, 0.6) is 0 Å². The molecule has 8 heteroatoms. The van der Waals surface area contributed by atoms with Crippen LogP contribution in [0.3, 0.4) is 0 Å². The van der Waals surface area contributed by atoms with Gasteiger partial charge in [-0.1, -0.05) is 25.6 Å². The zero-order chi connectivity index (χ0) is 15.4. The largest absolute Gasteiger partial charge is 0.465 e. The lowest BCUT2D eigenvalue weighted by Gasteiger charge is -2.47. The van der Waals surface area contributed by atoms with Gasteiger partial charge in [-0.2, -0.15) is 13.2 Å². The molecule has 2 aliphatic heterocycles. The first kappa shape index (κ1) is 15.9. The molecule has 2 rings (SSSR count). The Bertz CT molecular complexity index is 425. The van der Waals surface area contributed by atoms with Crippen LogP contribution in [0, 0.1) is 5.41 Å². The molecule has 2 fully saturated rings. The van der Waals surface area contributed by atoms with Crippen LogP contribution in [0.15, 0.2) is 0 Å². The number of fused-ring (bicyclic) bond motifs is 2. The molecule has 3 unspecified atom stereocenters. The third kappa shape index (κ3) is 2.03. The molecule has 0 spiro atoms. The van der Waals surface area contributed by atoms with Crippen molar-refractivity contribution in [3.8, 4) is 0 Å². The second-order valence-corrected chi connectivity index (χ2v) is 7.14. The van der Waals surface area contributed by atoms with Gasteiger partial charge in [0.25, 0.3) is 0 Å². The van der Waals surface area contributed by atoms with E-state index in [0.717, 1.165) is 0 Å². The van der Waals surface area contributed by atoms with Gasteiger partial charge in [-0.3, -0.25) is 4.79 Å². The van der Waals surface area contributed by atoms with Crippen LogP contribution >= 0.6 is 11.8 Å². The normalized spacial score (nSPS) is 39.6. The summed E-state index contributed by atoms with van der Waals surface area (Å²) in [7, 11) is 0. The van der Waals surface area contributed by atoms with Gasteiger partial charge in [0.1, 0.15) is 5.25 Å². The summed E-state index contributed by atoms with van der Waals surface area (Å²) in [6.45, 7) is 4.52. The molecule has 20 heavy (non-hydrogen) atoms. The maximum absolute atomic E-state index is 13.3. The average molecular weight is 314 g/mol. The monoisotopic (exact) mass is 314 g/mol. The van der Waals surface area contributed by atoms with E-state index < -0.39 is 39.8 Å². The Morgan fingerprint density at radius 2 is 2.10 bits per heavy atom. The number of rotatable bonds is 2. The van der Waals surface area contributed by atoms with Crippen molar-refractivity contribution in [2.75, 3.05) is 13.2 Å². The summed E-state index contributed by atoms with van der Waals surface area (Å²) in [5.41, 5.74) is -2.78. The summed E-state index contributed by atoms with van der Waals surface area (Å²) >= 11 is 0.313. The molecule has 1 N–H and O–H groups in total. The lowest BCUT2D eigenvalue weighted by molar-refractivity contribution is -0.287. The van der Waals surface area contributed by atoms with Crippen LogP contribution in [0.2, 0.25) is 0 Å². The van der Waals surface area contributed by atoms with E-state index in [9.17, 15) is 23.1 Å². The number of hydrogen-bond acceptors (Lipinski definition) is 5. The summed E-state index contributed by atoms with van der Waals surface area (Å²) < 4.78 is 49.6. The summed E-state index contributed by atoms with van der Waals surface area (Å²) in [5.74, 6) is -0.829. The highest BCUT2D eigenvalue weighted by Crippen LogP contribution is 2.64. The molecule has 2 bridgehead atoms. The Balaban J connectivity index is 2.43.